The highest BCUT2D eigenvalue weighted by Crippen LogP contribution is 2.25. The van der Waals surface area contributed by atoms with Crippen LogP contribution in [-0.4, -0.2) is 48.9 Å². The molecule has 7 nitrogen and oxygen atoms in total. The van der Waals surface area contributed by atoms with Crippen LogP contribution in [0.4, 0.5) is 0 Å². The van der Waals surface area contributed by atoms with E-state index in [1.165, 1.54) is 27.8 Å². The fourth-order valence-electron chi connectivity index (χ4n) is 3.26. The Balaban J connectivity index is 1.50. The average Bonchev–Trinajstić information content (AvgIpc) is 3.17. The van der Waals surface area contributed by atoms with Crippen molar-refractivity contribution in [2.75, 3.05) is 26.2 Å². The van der Waals surface area contributed by atoms with Crippen LogP contribution in [0, 0.1) is 0 Å². The molecule has 0 atom stereocenters. The molecule has 0 aliphatic carbocycles. The lowest BCUT2D eigenvalue weighted by Crippen LogP contribution is -2.48. The van der Waals surface area contributed by atoms with Crippen LogP contribution in [0.1, 0.15) is 5.56 Å². The van der Waals surface area contributed by atoms with E-state index in [2.05, 4.69) is 4.90 Å². The molecule has 1 aliphatic heterocycles. The number of phenols is 1. The van der Waals surface area contributed by atoms with E-state index in [9.17, 15) is 18.3 Å². The Morgan fingerprint density at radius 2 is 1.89 bits per heavy atom. The summed E-state index contributed by atoms with van der Waals surface area (Å²) in [6.45, 7) is 2.47. The number of aromatic hydroxyl groups is 1. The second kappa shape index (κ2) is 7.08. The van der Waals surface area contributed by atoms with Crippen molar-refractivity contribution in [1.29, 1.82) is 0 Å². The Hall–Kier alpha value is -2.20. The van der Waals surface area contributed by atoms with E-state index in [0.717, 1.165) is 10.9 Å². The van der Waals surface area contributed by atoms with Gasteiger partial charge in [0.2, 0.25) is 0 Å². The van der Waals surface area contributed by atoms with E-state index in [-0.39, 0.29) is 5.75 Å². The quantitative estimate of drug-likeness (QED) is 0.667. The summed E-state index contributed by atoms with van der Waals surface area (Å²) in [6, 6.07) is 9.51. The standard InChI is InChI=1S/C18H18N2O5S2/c21-14-3-4-15-13(10-17(22)25-16(15)11-14)12-19-5-7-20(8-6-19)27(23,24)18-2-1-9-26-18/h1-4,9-11,21H,5-8,12H2. The molecule has 27 heavy (non-hydrogen) atoms. The molecule has 0 unspecified atom stereocenters. The van der Waals surface area contributed by atoms with Crippen molar-refractivity contribution in [3.63, 3.8) is 0 Å². The lowest BCUT2D eigenvalue weighted by atomic mass is 10.1. The van der Waals surface area contributed by atoms with Crippen molar-refractivity contribution in [2.45, 2.75) is 10.8 Å². The molecule has 0 saturated carbocycles. The lowest BCUT2D eigenvalue weighted by molar-refractivity contribution is 0.182. The molecule has 1 aromatic carbocycles. The third-order valence-electron chi connectivity index (χ3n) is 4.63. The van der Waals surface area contributed by atoms with Crippen molar-refractivity contribution >= 4 is 32.3 Å². The maximum Gasteiger partial charge on any atom is 0.336 e. The minimum atomic E-state index is -3.43. The van der Waals surface area contributed by atoms with Gasteiger partial charge in [0, 0.05) is 50.2 Å². The highest BCUT2D eigenvalue weighted by Gasteiger charge is 2.29. The number of thiophene rings is 1. The van der Waals surface area contributed by atoms with Crippen LogP contribution in [0.3, 0.4) is 0 Å². The first kappa shape index (κ1) is 18.2. The van der Waals surface area contributed by atoms with Gasteiger partial charge in [-0.3, -0.25) is 4.90 Å². The average molecular weight is 406 g/mol. The Kier molecular flexibility index (Phi) is 4.77. The molecule has 1 saturated heterocycles. The maximum atomic E-state index is 12.6. The smallest absolute Gasteiger partial charge is 0.336 e. The highest BCUT2D eigenvalue weighted by atomic mass is 32.2. The minimum Gasteiger partial charge on any atom is -0.508 e. The number of piperazine rings is 1. The van der Waals surface area contributed by atoms with Crippen LogP contribution < -0.4 is 5.63 Å². The van der Waals surface area contributed by atoms with Gasteiger partial charge in [0.25, 0.3) is 10.0 Å². The van der Waals surface area contributed by atoms with Gasteiger partial charge in [0.1, 0.15) is 15.5 Å². The second-order valence-corrected chi connectivity index (χ2v) is 9.50. The van der Waals surface area contributed by atoms with Crippen LogP contribution >= 0.6 is 11.3 Å². The third kappa shape index (κ3) is 3.63. The molecule has 0 amide bonds. The Bertz CT molecular complexity index is 1110. The fraction of sp³-hybridized carbons (Fsp3) is 0.278. The van der Waals surface area contributed by atoms with Gasteiger partial charge in [-0.05, 0) is 29.1 Å². The van der Waals surface area contributed by atoms with Gasteiger partial charge in [-0.25, -0.2) is 13.2 Å². The van der Waals surface area contributed by atoms with Gasteiger partial charge in [-0.15, -0.1) is 11.3 Å². The fourth-order valence-corrected chi connectivity index (χ4v) is 5.82. The largest absolute Gasteiger partial charge is 0.508 e. The van der Waals surface area contributed by atoms with Crippen molar-refractivity contribution in [2.24, 2.45) is 0 Å². The minimum absolute atomic E-state index is 0.0372. The molecule has 1 aliphatic rings. The number of hydrogen-bond donors (Lipinski definition) is 1. The summed E-state index contributed by atoms with van der Waals surface area (Å²) in [5.74, 6) is 0.0372. The molecule has 3 heterocycles. The number of rotatable bonds is 4. The predicted octanol–water partition coefficient (Wildman–Crippen LogP) is 2.07. The van der Waals surface area contributed by atoms with Crippen LogP contribution in [-0.2, 0) is 16.6 Å². The Morgan fingerprint density at radius 1 is 1.11 bits per heavy atom. The molecule has 3 aromatic rings. The number of nitrogens with zero attached hydrogens (tertiary/aromatic N) is 2. The van der Waals surface area contributed by atoms with Crippen molar-refractivity contribution < 1.29 is 17.9 Å². The molecule has 0 bridgehead atoms. The van der Waals surface area contributed by atoms with E-state index < -0.39 is 15.6 Å². The summed E-state index contributed by atoms with van der Waals surface area (Å²) in [6.07, 6.45) is 0. The lowest BCUT2D eigenvalue weighted by Gasteiger charge is -2.33. The van der Waals surface area contributed by atoms with Crippen LogP contribution in [0.15, 0.2) is 55.2 Å². The summed E-state index contributed by atoms with van der Waals surface area (Å²) in [4.78, 5) is 13.9. The molecular formula is C18H18N2O5S2. The van der Waals surface area contributed by atoms with Crippen LogP contribution in [0.5, 0.6) is 5.75 Å². The topological polar surface area (TPSA) is 91.1 Å². The normalized spacial score (nSPS) is 16.7. The van der Waals surface area contributed by atoms with Crippen LogP contribution in [0.2, 0.25) is 0 Å². The van der Waals surface area contributed by atoms with Gasteiger partial charge in [0.15, 0.2) is 0 Å². The maximum absolute atomic E-state index is 12.6. The zero-order valence-electron chi connectivity index (χ0n) is 14.4. The number of benzene rings is 1. The zero-order chi connectivity index (χ0) is 19.0. The number of sulfonamides is 1. The SMILES string of the molecule is O=c1cc(CN2CCN(S(=O)(=O)c3cccs3)CC2)c2ccc(O)cc2o1. The number of hydrogen-bond acceptors (Lipinski definition) is 7. The van der Waals surface area contributed by atoms with E-state index in [0.29, 0.717) is 42.5 Å². The Morgan fingerprint density at radius 3 is 2.59 bits per heavy atom. The molecule has 0 spiro atoms. The highest BCUT2D eigenvalue weighted by molar-refractivity contribution is 7.91. The van der Waals surface area contributed by atoms with E-state index in [1.54, 1.807) is 29.6 Å². The first-order valence-corrected chi connectivity index (χ1v) is 10.8. The summed E-state index contributed by atoms with van der Waals surface area (Å²) >= 11 is 1.22. The van der Waals surface area contributed by atoms with Gasteiger partial charge < -0.3 is 9.52 Å². The van der Waals surface area contributed by atoms with E-state index in [1.807, 2.05) is 0 Å². The number of phenolic OH excluding ortho intramolecular Hbond substituents is 1. The summed E-state index contributed by atoms with van der Waals surface area (Å²) in [5.41, 5.74) is 0.675. The second-order valence-electron chi connectivity index (χ2n) is 6.38. The molecule has 2 aromatic heterocycles. The van der Waals surface area contributed by atoms with Gasteiger partial charge in [-0.2, -0.15) is 4.31 Å². The Labute approximate surface area is 160 Å². The molecule has 4 rings (SSSR count). The molecular weight excluding hydrogens is 388 g/mol. The molecule has 1 fully saturated rings. The summed E-state index contributed by atoms with van der Waals surface area (Å²) < 4.78 is 32.2. The predicted molar refractivity (Wildman–Crippen MR) is 103 cm³/mol. The monoisotopic (exact) mass is 406 g/mol. The van der Waals surface area contributed by atoms with Gasteiger partial charge in [0.05, 0.1) is 0 Å². The van der Waals surface area contributed by atoms with Crippen molar-refractivity contribution in [1.82, 2.24) is 9.21 Å². The molecule has 0 radical (unpaired) electrons. The first-order valence-electron chi connectivity index (χ1n) is 8.45. The summed E-state index contributed by atoms with van der Waals surface area (Å²) in [7, 11) is -3.43. The summed E-state index contributed by atoms with van der Waals surface area (Å²) in [5, 5.41) is 12.1. The van der Waals surface area contributed by atoms with E-state index in [4.69, 9.17) is 4.42 Å². The number of fused-ring (bicyclic) bond motifs is 1. The first-order chi connectivity index (χ1) is 12.9. The van der Waals surface area contributed by atoms with Gasteiger partial charge >= 0.3 is 5.63 Å². The zero-order valence-corrected chi connectivity index (χ0v) is 16.0. The van der Waals surface area contributed by atoms with E-state index >= 15 is 0 Å². The third-order valence-corrected chi connectivity index (χ3v) is 7.90. The van der Waals surface area contributed by atoms with Crippen molar-refractivity contribution in [3.8, 4) is 5.75 Å². The van der Waals surface area contributed by atoms with Crippen molar-refractivity contribution in [3.05, 3.63) is 57.8 Å². The molecule has 142 valence electrons. The van der Waals surface area contributed by atoms with Gasteiger partial charge in [-0.1, -0.05) is 6.07 Å². The molecule has 1 N–H and O–H groups in total. The molecule has 9 heteroatoms. The van der Waals surface area contributed by atoms with Crippen LogP contribution in [0.25, 0.3) is 11.0 Å².